The zero-order chi connectivity index (χ0) is 9.69. The van der Waals surface area contributed by atoms with Gasteiger partial charge in [0.2, 0.25) is 5.91 Å². The van der Waals surface area contributed by atoms with Crippen LogP contribution in [0.4, 0.5) is 0 Å². The van der Waals surface area contributed by atoms with Crippen molar-refractivity contribution in [1.29, 1.82) is 0 Å². The summed E-state index contributed by atoms with van der Waals surface area (Å²) < 4.78 is -0.813. The van der Waals surface area contributed by atoms with Crippen molar-refractivity contribution >= 4 is 29.1 Å². The molecule has 0 radical (unpaired) electrons. The minimum Gasteiger partial charge on any atom is -0.342 e. The van der Waals surface area contributed by atoms with Crippen molar-refractivity contribution in [3.63, 3.8) is 0 Å². The van der Waals surface area contributed by atoms with Gasteiger partial charge in [-0.25, -0.2) is 0 Å². The van der Waals surface area contributed by atoms with E-state index in [1.54, 1.807) is 0 Å². The molecule has 2 nitrogen and oxygen atoms in total. The van der Waals surface area contributed by atoms with Gasteiger partial charge >= 0.3 is 0 Å². The Labute approximate surface area is 88.2 Å². The zero-order valence-corrected chi connectivity index (χ0v) is 9.16. The molecule has 2 aliphatic rings. The minimum atomic E-state index is -0.813. The summed E-state index contributed by atoms with van der Waals surface area (Å²) in [6, 6.07) is 0. The molecular formula is C9H13Cl2NO. The SMILES string of the molecule is CC1(C(=O)N2CCCC2)CC1(Cl)Cl. The topological polar surface area (TPSA) is 20.3 Å². The first kappa shape index (κ1) is 9.60. The highest BCUT2D eigenvalue weighted by Gasteiger charge is 2.68. The highest BCUT2D eigenvalue weighted by atomic mass is 35.5. The summed E-state index contributed by atoms with van der Waals surface area (Å²) in [4.78, 5) is 13.8. The van der Waals surface area contributed by atoms with Crippen LogP contribution in [0.3, 0.4) is 0 Å². The molecule has 1 aliphatic carbocycles. The van der Waals surface area contributed by atoms with Gasteiger partial charge in [0, 0.05) is 13.1 Å². The van der Waals surface area contributed by atoms with Crippen LogP contribution in [-0.4, -0.2) is 28.2 Å². The van der Waals surface area contributed by atoms with Crippen molar-refractivity contribution < 1.29 is 4.79 Å². The van der Waals surface area contributed by atoms with Crippen molar-refractivity contribution in [2.24, 2.45) is 5.41 Å². The summed E-state index contributed by atoms with van der Waals surface area (Å²) in [5.41, 5.74) is -0.513. The summed E-state index contributed by atoms with van der Waals surface area (Å²) in [6.45, 7) is 3.60. The molecule has 1 amide bonds. The van der Waals surface area contributed by atoms with Crippen LogP contribution in [0.1, 0.15) is 26.2 Å². The third-order valence-electron chi connectivity index (χ3n) is 3.12. The van der Waals surface area contributed by atoms with Crippen molar-refractivity contribution in [2.45, 2.75) is 30.5 Å². The van der Waals surface area contributed by atoms with E-state index in [1.165, 1.54) is 0 Å². The molecule has 1 saturated carbocycles. The molecule has 1 unspecified atom stereocenters. The molecule has 0 N–H and O–H groups in total. The molecule has 0 aromatic heterocycles. The normalized spacial score (nSPS) is 36.4. The monoisotopic (exact) mass is 221 g/mol. The van der Waals surface area contributed by atoms with Gasteiger partial charge < -0.3 is 4.90 Å². The van der Waals surface area contributed by atoms with Gasteiger partial charge in [-0.05, 0) is 26.2 Å². The summed E-state index contributed by atoms with van der Waals surface area (Å²) in [6.07, 6.45) is 2.82. The molecule has 1 heterocycles. The molecule has 0 aromatic carbocycles. The molecule has 0 spiro atoms. The van der Waals surface area contributed by atoms with Gasteiger partial charge in [-0.1, -0.05) is 0 Å². The van der Waals surface area contributed by atoms with E-state index < -0.39 is 9.75 Å². The van der Waals surface area contributed by atoms with Gasteiger partial charge in [0.1, 0.15) is 4.33 Å². The second kappa shape index (κ2) is 2.77. The van der Waals surface area contributed by atoms with Crippen molar-refractivity contribution in [3.05, 3.63) is 0 Å². The van der Waals surface area contributed by atoms with Gasteiger partial charge in [-0.3, -0.25) is 4.79 Å². The second-order valence-electron chi connectivity index (χ2n) is 4.21. The number of alkyl halides is 2. The number of amides is 1. The first-order chi connectivity index (χ1) is 5.97. The molecular weight excluding hydrogens is 209 g/mol. The number of hydrogen-bond donors (Lipinski definition) is 0. The Kier molecular flexibility index (Phi) is 2.04. The van der Waals surface area contributed by atoms with Crippen LogP contribution in [0.25, 0.3) is 0 Å². The molecule has 2 rings (SSSR count). The van der Waals surface area contributed by atoms with Crippen LogP contribution in [0, 0.1) is 5.41 Å². The fraction of sp³-hybridized carbons (Fsp3) is 0.889. The fourth-order valence-electron chi connectivity index (χ4n) is 1.90. The molecule has 13 heavy (non-hydrogen) atoms. The fourth-order valence-corrected chi connectivity index (χ4v) is 2.60. The van der Waals surface area contributed by atoms with Gasteiger partial charge in [0.25, 0.3) is 0 Å². The Hall–Kier alpha value is 0.0500. The average Bonchev–Trinajstić information content (AvgIpc) is 2.55. The van der Waals surface area contributed by atoms with Crippen molar-refractivity contribution in [1.82, 2.24) is 4.90 Å². The maximum absolute atomic E-state index is 11.9. The first-order valence-corrected chi connectivity index (χ1v) is 5.40. The van der Waals surface area contributed by atoms with E-state index in [0.717, 1.165) is 25.9 Å². The largest absolute Gasteiger partial charge is 0.342 e. The van der Waals surface area contributed by atoms with E-state index in [4.69, 9.17) is 23.2 Å². The van der Waals surface area contributed by atoms with Gasteiger partial charge in [-0.15, -0.1) is 23.2 Å². The lowest BCUT2D eigenvalue weighted by atomic mass is 10.1. The Balaban J connectivity index is 2.06. The van der Waals surface area contributed by atoms with Crippen LogP contribution >= 0.6 is 23.2 Å². The standard InChI is InChI=1S/C9H13Cl2NO/c1-8(6-9(8,10)11)7(13)12-4-2-3-5-12/h2-6H2,1H3. The van der Waals surface area contributed by atoms with E-state index in [0.29, 0.717) is 6.42 Å². The molecule has 2 fully saturated rings. The van der Waals surface area contributed by atoms with Gasteiger partial charge in [-0.2, -0.15) is 0 Å². The Morgan fingerprint density at radius 2 is 1.77 bits per heavy atom. The van der Waals surface area contributed by atoms with E-state index in [1.807, 2.05) is 11.8 Å². The highest BCUT2D eigenvalue weighted by Crippen LogP contribution is 2.64. The van der Waals surface area contributed by atoms with Crippen LogP contribution in [0.5, 0.6) is 0 Å². The predicted molar refractivity (Wildman–Crippen MR) is 53.0 cm³/mol. The molecule has 1 saturated heterocycles. The number of hydrogen-bond acceptors (Lipinski definition) is 1. The molecule has 74 valence electrons. The smallest absolute Gasteiger partial charge is 0.231 e. The lowest BCUT2D eigenvalue weighted by Crippen LogP contribution is -2.35. The average molecular weight is 222 g/mol. The quantitative estimate of drug-likeness (QED) is 0.623. The number of rotatable bonds is 1. The number of nitrogens with zero attached hydrogens (tertiary/aromatic N) is 1. The summed E-state index contributed by atoms with van der Waals surface area (Å²) >= 11 is 11.9. The molecule has 0 aromatic rings. The van der Waals surface area contributed by atoms with Gasteiger partial charge in [0.05, 0.1) is 5.41 Å². The van der Waals surface area contributed by atoms with Crippen LogP contribution in [0.15, 0.2) is 0 Å². The molecule has 0 bridgehead atoms. The first-order valence-electron chi connectivity index (χ1n) is 4.65. The predicted octanol–water partition coefficient (Wildman–Crippen LogP) is 2.19. The van der Waals surface area contributed by atoms with E-state index in [9.17, 15) is 4.79 Å². The third kappa shape index (κ3) is 1.35. The van der Waals surface area contributed by atoms with Crippen LogP contribution in [-0.2, 0) is 4.79 Å². The Morgan fingerprint density at radius 3 is 2.15 bits per heavy atom. The summed E-state index contributed by atoms with van der Waals surface area (Å²) in [5.74, 6) is 0.134. The van der Waals surface area contributed by atoms with E-state index >= 15 is 0 Å². The lowest BCUT2D eigenvalue weighted by Gasteiger charge is -2.20. The third-order valence-corrected chi connectivity index (χ3v) is 4.22. The summed E-state index contributed by atoms with van der Waals surface area (Å²) in [7, 11) is 0. The molecule has 1 aliphatic heterocycles. The molecule has 4 heteroatoms. The number of likely N-dealkylation sites (tertiary alicyclic amines) is 1. The maximum atomic E-state index is 11.9. The van der Waals surface area contributed by atoms with Crippen molar-refractivity contribution in [3.8, 4) is 0 Å². The zero-order valence-electron chi connectivity index (χ0n) is 7.65. The van der Waals surface area contributed by atoms with Crippen LogP contribution in [0.2, 0.25) is 0 Å². The Morgan fingerprint density at radius 1 is 1.31 bits per heavy atom. The lowest BCUT2D eigenvalue weighted by molar-refractivity contribution is -0.135. The van der Waals surface area contributed by atoms with E-state index in [2.05, 4.69) is 0 Å². The summed E-state index contributed by atoms with van der Waals surface area (Å²) in [5, 5.41) is 0. The number of halogens is 2. The number of carbonyl (C=O) groups is 1. The number of carbonyl (C=O) groups excluding carboxylic acids is 1. The molecule has 1 atom stereocenters. The van der Waals surface area contributed by atoms with Crippen LogP contribution < -0.4 is 0 Å². The second-order valence-corrected chi connectivity index (χ2v) is 5.70. The van der Waals surface area contributed by atoms with Gasteiger partial charge in [0.15, 0.2) is 0 Å². The highest BCUT2D eigenvalue weighted by molar-refractivity contribution is 6.53. The van der Waals surface area contributed by atoms with Crippen molar-refractivity contribution in [2.75, 3.05) is 13.1 Å². The minimum absolute atomic E-state index is 0.134. The maximum Gasteiger partial charge on any atom is 0.231 e. The van der Waals surface area contributed by atoms with E-state index in [-0.39, 0.29) is 5.91 Å². The Bertz CT molecular complexity index is 248.